The molecular formula is C7H12N2. The molecule has 0 aromatic rings. The van der Waals surface area contributed by atoms with Crippen molar-refractivity contribution in [3.05, 3.63) is 11.8 Å². The SMILES string of the molecule is CC(=N)/C=C1/CCCN1. The van der Waals surface area contributed by atoms with Crippen LogP contribution in [0.15, 0.2) is 11.8 Å². The van der Waals surface area contributed by atoms with Crippen molar-refractivity contribution < 1.29 is 0 Å². The van der Waals surface area contributed by atoms with Crippen LogP contribution in [0, 0.1) is 5.41 Å². The average Bonchev–Trinajstić information content (AvgIpc) is 2.15. The summed E-state index contributed by atoms with van der Waals surface area (Å²) in [5, 5.41) is 10.4. The van der Waals surface area contributed by atoms with Gasteiger partial charge in [0.15, 0.2) is 0 Å². The van der Waals surface area contributed by atoms with Gasteiger partial charge in [-0.1, -0.05) is 0 Å². The summed E-state index contributed by atoms with van der Waals surface area (Å²) in [5.41, 5.74) is 1.86. The summed E-state index contributed by atoms with van der Waals surface area (Å²) in [7, 11) is 0. The van der Waals surface area contributed by atoms with Crippen LogP contribution in [0.1, 0.15) is 19.8 Å². The Morgan fingerprint density at radius 1 is 1.78 bits per heavy atom. The van der Waals surface area contributed by atoms with Crippen molar-refractivity contribution in [2.24, 2.45) is 0 Å². The predicted octanol–water partition coefficient (Wildman–Crippen LogP) is 1.29. The van der Waals surface area contributed by atoms with Crippen LogP contribution in [-0.2, 0) is 0 Å². The lowest BCUT2D eigenvalue weighted by molar-refractivity contribution is 0.904. The maximum atomic E-state index is 7.14. The fraction of sp³-hybridized carbons (Fsp3) is 0.571. The zero-order valence-electron chi connectivity index (χ0n) is 5.70. The number of rotatable bonds is 1. The maximum absolute atomic E-state index is 7.14. The first-order valence-electron chi connectivity index (χ1n) is 3.28. The van der Waals surface area contributed by atoms with Crippen molar-refractivity contribution in [3.63, 3.8) is 0 Å². The van der Waals surface area contributed by atoms with Crippen LogP contribution in [0.25, 0.3) is 0 Å². The second kappa shape index (κ2) is 2.67. The van der Waals surface area contributed by atoms with E-state index in [0.29, 0.717) is 5.71 Å². The van der Waals surface area contributed by atoms with Gasteiger partial charge < -0.3 is 10.7 Å². The molecule has 0 aromatic heterocycles. The van der Waals surface area contributed by atoms with E-state index in [9.17, 15) is 0 Å². The molecule has 0 saturated carbocycles. The largest absolute Gasteiger partial charge is 0.388 e. The highest BCUT2D eigenvalue weighted by Gasteiger charge is 2.03. The Morgan fingerprint density at radius 2 is 2.56 bits per heavy atom. The van der Waals surface area contributed by atoms with E-state index in [1.165, 1.54) is 12.1 Å². The van der Waals surface area contributed by atoms with E-state index in [1.54, 1.807) is 6.92 Å². The van der Waals surface area contributed by atoms with Crippen molar-refractivity contribution in [2.75, 3.05) is 6.54 Å². The molecule has 9 heavy (non-hydrogen) atoms. The number of allylic oxidation sites excluding steroid dienone is 2. The Kier molecular flexibility index (Phi) is 1.88. The quantitative estimate of drug-likeness (QED) is 0.508. The van der Waals surface area contributed by atoms with E-state index in [4.69, 9.17) is 5.41 Å². The second-order valence-electron chi connectivity index (χ2n) is 2.38. The van der Waals surface area contributed by atoms with Crippen LogP contribution in [0.2, 0.25) is 0 Å². The van der Waals surface area contributed by atoms with Gasteiger partial charge in [0.25, 0.3) is 0 Å². The van der Waals surface area contributed by atoms with Crippen molar-refractivity contribution in [1.29, 1.82) is 5.41 Å². The summed E-state index contributed by atoms with van der Waals surface area (Å²) >= 11 is 0. The van der Waals surface area contributed by atoms with E-state index in [0.717, 1.165) is 13.0 Å². The third-order valence-electron chi connectivity index (χ3n) is 1.37. The molecule has 0 amide bonds. The molecule has 50 valence electrons. The smallest absolute Gasteiger partial charge is 0.0300 e. The fourth-order valence-electron chi connectivity index (χ4n) is 1.00. The first kappa shape index (κ1) is 6.33. The summed E-state index contributed by atoms with van der Waals surface area (Å²) in [4.78, 5) is 0. The van der Waals surface area contributed by atoms with Gasteiger partial charge in [-0.3, -0.25) is 0 Å². The van der Waals surface area contributed by atoms with E-state index >= 15 is 0 Å². The molecule has 2 nitrogen and oxygen atoms in total. The van der Waals surface area contributed by atoms with Gasteiger partial charge in [-0.25, -0.2) is 0 Å². The van der Waals surface area contributed by atoms with E-state index < -0.39 is 0 Å². The molecular weight excluding hydrogens is 112 g/mol. The minimum absolute atomic E-state index is 0.638. The van der Waals surface area contributed by atoms with Crippen LogP contribution in [0.5, 0.6) is 0 Å². The van der Waals surface area contributed by atoms with Crippen LogP contribution in [0.4, 0.5) is 0 Å². The lowest BCUT2D eigenvalue weighted by atomic mass is 10.2. The highest BCUT2D eigenvalue weighted by molar-refractivity contribution is 5.90. The normalized spacial score (nSPS) is 22.1. The van der Waals surface area contributed by atoms with Gasteiger partial charge >= 0.3 is 0 Å². The molecule has 1 aliphatic heterocycles. The van der Waals surface area contributed by atoms with E-state index in [1.807, 2.05) is 6.08 Å². The minimum Gasteiger partial charge on any atom is -0.388 e. The number of hydrogen-bond acceptors (Lipinski definition) is 2. The van der Waals surface area contributed by atoms with E-state index in [-0.39, 0.29) is 0 Å². The number of nitrogens with one attached hydrogen (secondary N) is 2. The van der Waals surface area contributed by atoms with Gasteiger partial charge in [-0.05, 0) is 25.8 Å². The van der Waals surface area contributed by atoms with Gasteiger partial charge in [0, 0.05) is 18.0 Å². The first-order valence-corrected chi connectivity index (χ1v) is 3.28. The summed E-state index contributed by atoms with van der Waals surface area (Å²) in [6.07, 6.45) is 4.24. The topological polar surface area (TPSA) is 35.9 Å². The molecule has 2 N–H and O–H groups in total. The first-order chi connectivity index (χ1) is 4.29. The second-order valence-corrected chi connectivity index (χ2v) is 2.38. The van der Waals surface area contributed by atoms with Crippen molar-refractivity contribution >= 4 is 5.71 Å². The van der Waals surface area contributed by atoms with Gasteiger partial charge in [0.2, 0.25) is 0 Å². The Hall–Kier alpha value is -0.790. The van der Waals surface area contributed by atoms with Crippen LogP contribution in [-0.4, -0.2) is 12.3 Å². The fourth-order valence-corrected chi connectivity index (χ4v) is 1.00. The Balaban J connectivity index is 2.49. The summed E-state index contributed by atoms with van der Waals surface area (Å²) in [6.45, 7) is 2.88. The Morgan fingerprint density at radius 3 is 3.00 bits per heavy atom. The Bertz CT molecular complexity index is 139. The summed E-state index contributed by atoms with van der Waals surface area (Å²) < 4.78 is 0. The van der Waals surface area contributed by atoms with Gasteiger partial charge in [0.05, 0.1) is 0 Å². The van der Waals surface area contributed by atoms with Gasteiger partial charge in [-0.2, -0.15) is 0 Å². The molecule has 1 rings (SSSR count). The Labute approximate surface area is 55.5 Å². The van der Waals surface area contributed by atoms with Crippen LogP contribution in [0.3, 0.4) is 0 Å². The number of hydrogen-bond donors (Lipinski definition) is 2. The summed E-state index contributed by atoms with van der Waals surface area (Å²) in [6, 6.07) is 0. The maximum Gasteiger partial charge on any atom is 0.0300 e. The zero-order chi connectivity index (χ0) is 6.69. The van der Waals surface area contributed by atoms with Gasteiger partial charge in [-0.15, -0.1) is 0 Å². The third kappa shape index (κ3) is 1.88. The van der Waals surface area contributed by atoms with Crippen LogP contribution >= 0.6 is 0 Å². The van der Waals surface area contributed by atoms with Crippen molar-refractivity contribution in [2.45, 2.75) is 19.8 Å². The van der Waals surface area contributed by atoms with E-state index in [2.05, 4.69) is 5.32 Å². The van der Waals surface area contributed by atoms with Crippen molar-refractivity contribution in [1.82, 2.24) is 5.32 Å². The molecule has 0 atom stereocenters. The van der Waals surface area contributed by atoms with Crippen molar-refractivity contribution in [3.8, 4) is 0 Å². The average molecular weight is 124 g/mol. The summed E-state index contributed by atoms with van der Waals surface area (Å²) in [5.74, 6) is 0. The molecule has 0 unspecified atom stereocenters. The molecule has 0 aliphatic carbocycles. The van der Waals surface area contributed by atoms with Crippen LogP contribution < -0.4 is 5.32 Å². The molecule has 0 aromatic carbocycles. The molecule has 2 heteroatoms. The predicted molar refractivity (Wildman–Crippen MR) is 38.7 cm³/mol. The molecule has 1 heterocycles. The van der Waals surface area contributed by atoms with Gasteiger partial charge in [0.1, 0.15) is 0 Å². The standard InChI is InChI=1S/C7H12N2/c1-6(8)5-7-3-2-4-9-7/h5,8-9H,2-4H2,1H3/b7-5-,8-6?. The lowest BCUT2D eigenvalue weighted by Crippen LogP contribution is -2.04. The molecule has 0 spiro atoms. The zero-order valence-corrected chi connectivity index (χ0v) is 5.70. The molecule has 1 fully saturated rings. The molecule has 1 aliphatic rings. The molecule has 0 radical (unpaired) electrons. The third-order valence-corrected chi connectivity index (χ3v) is 1.37. The highest BCUT2D eigenvalue weighted by atomic mass is 14.9. The molecule has 0 bridgehead atoms. The monoisotopic (exact) mass is 124 g/mol. The minimum atomic E-state index is 0.638. The lowest BCUT2D eigenvalue weighted by Gasteiger charge is -1.94. The molecule has 1 saturated heterocycles. The highest BCUT2D eigenvalue weighted by Crippen LogP contribution is 2.07.